The molecule has 0 spiro atoms. The van der Waals surface area contributed by atoms with Crippen molar-refractivity contribution in [2.24, 2.45) is 0 Å². The van der Waals surface area contributed by atoms with Crippen LogP contribution in [0.15, 0.2) is 24.5 Å². The third kappa shape index (κ3) is 5.32. The summed E-state index contributed by atoms with van der Waals surface area (Å²) >= 11 is 0. The Morgan fingerprint density at radius 1 is 1.27 bits per heavy atom. The average molecular weight is 362 g/mol. The number of nitrogens with one attached hydrogen (secondary N) is 1. The molecule has 2 amide bonds. The van der Waals surface area contributed by atoms with Gasteiger partial charge in [0.2, 0.25) is 0 Å². The van der Waals surface area contributed by atoms with Crippen molar-refractivity contribution >= 4 is 6.03 Å². The Kier molecular flexibility index (Phi) is 7.08. The third-order valence-corrected chi connectivity index (χ3v) is 5.30. The highest BCUT2D eigenvalue weighted by Crippen LogP contribution is 2.18. The first-order valence-corrected chi connectivity index (χ1v) is 9.70. The SMILES string of the molecule is O=C(NCCN1CCCC[C@H]1CO)N1CCC(Oc2cccnc2)CC1. The molecule has 144 valence electrons. The van der Waals surface area contributed by atoms with Gasteiger partial charge in [0.1, 0.15) is 11.9 Å². The standard InChI is InChI=1S/C19H30N4O3/c24-15-16-4-1-2-10-22(16)13-9-21-19(25)23-11-6-17(7-12-23)26-18-5-3-8-20-14-18/h3,5,8,14,16-17,24H,1-2,4,6-7,9-13,15H2,(H,21,25)/t16-/m0/s1. The smallest absolute Gasteiger partial charge is 0.317 e. The van der Waals surface area contributed by atoms with Gasteiger partial charge in [0, 0.05) is 51.3 Å². The molecular weight excluding hydrogens is 332 g/mol. The predicted molar refractivity (Wildman–Crippen MR) is 99.2 cm³/mol. The molecule has 0 unspecified atom stereocenters. The molecule has 7 nitrogen and oxygen atoms in total. The molecule has 26 heavy (non-hydrogen) atoms. The number of carbonyl (C=O) groups excluding carboxylic acids is 1. The van der Waals surface area contributed by atoms with Gasteiger partial charge in [0.05, 0.1) is 12.8 Å². The topological polar surface area (TPSA) is 77.9 Å². The minimum atomic E-state index is 0.00221. The Morgan fingerprint density at radius 3 is 2.85 bits per heavy atom. The Morgan fingerprint density at radius 2 is 2.12 bits per heavy atom. The van der Waals surface area contributed by atoms with E-state index in [0.717, 1.165) is 38.1 Å². The van der Waals surface area contributed by atoms with E-state index in [0.29, 0.717) is 19.6 Å². The van der Waals surface area contributed by atoms with Crippen LogP contribution < -0.4 is 10.1 Å². The van der Waals surface area contributed by atoms with Gasteiger partial charge in [0.25, 0.3) is 0 Å². The lowest BCUT2D eigenvalue weighted by Gasteiger charge is -2.35. The maximum absolute atomic E-state index is 12.4. The van der Waals surface area contributed by atoms with E-state index in [1.807, 2.05) is 17.0 Å². The van der Waals surface area contributed by atoms with Crippen molar-refractivity contribution in [3.63, 3.8) is 0 Å². The van der Waals surface area contributed by atoms with Gasteiger partial charge in [0.15, 0.2) is 0 Å². The third-order valence-electron chi connectivity index (χ3n) is 5.30. The molecule has 0 aliphatic carbocycles. The number of carbonyl (C=O) groups is 1. The maximum atomic E-state index is 12.4. The Balaban J connectivity index is 1.34. The lowest BCUT2D eigenvalue weighted by Crippen LogP contribution is -2.49. The monoisotopic (exact) mass is 362 g/mol. The number of nitrogens with zero attached hydrogens (tertiary/aromatic N) is 3. The summed E-state index contributed by atoms with van der Waals surface area (Å²) in [7, 11) is 0. The number of urea groups is 1. The second kappa shape index (κ2) is 9.73. The number of hydrogen-bond donors (Lipinski definition) is 2. The highest BCUT2D eigenvalue weighted by molar-refractivity contribution is 5.74. The summed E-state index contributed by atoms with van der Waals surface area (Å²) < 4.78 is 5.92. The summed E-state index contributed by atoms with van der Waals surface area (Å²) in [5, 5.41) is 12.5. The fraction of sp³-hybridized carbons (Fsp3) is 0.684. The van der Waals surface area contributed by atoms with Gasteiger partial charge < -0.3 is 20.1 Å². The zero-order chi connectivity index (χ0) is 18.2. The van der Waals surface area contributed by atoms with Gasteiger partial charge in [-0.25, -0.2) is 4.79 Å². The van der Waals surface area contributed by atoms with Crippen molar-refractivity contribution in [1.82, 2.24) is 20.1 Å². The minimum absolute atomic E-state index is 0.00221. The van der Waals surface area contributed by atoms with Crippen LogP contribution >= 0.6 is 0 Å². The molecule has 2 aliphatic heterocycles. The molecule has 2 aliphatic rings. The van der Waals surface area contributed by atoms with E-state index in [-0.39, 0.29) is 24.8 Å². The van der Waals surface area contributed by atoms with Crippen LogP contribution in [0.5, 0.6) is 5.75 Å². The second-order valence-electron chi connectivity index (χ2n) is 7.09. The zero-order valence-electron chi connectivity index (χ0n) is 15.3. The van der Waals surface area contributed by atoms with Crippen molar-refractivity contribution in [2.45, 2.75) is 44.2 Å². The molecule has 1 aromatic heterocycles. The summed E-state index contributed by atoms with van der Waals surface area (Å²) in [6, 6.07) is 4.02. The first kappa shape index (κ1) is 18.9. The maximum Gasteiger partial charge on any atom is 0.317 e. The summed E-state index contributed by atoms with van der Waals surface area (Å²) in [6.07, 6.45) is 8.67. The second-order valence-corrected chi connectivity index (χ2v) is 7.09. The van der Waals surface area contributed by atoms with E-state index in [2.05, 4.69) is 15.2 Å². The fourth-order valence-electron chi connectivity index (χ4n) is 3.77. The lowest BCUT2D eigenvalue weighted by molar-refractivity contribution is 0.0893. The minimum Gasteiger partial charge on any atom is -0.489 e. The quantitative estimate of drug-likeness (QED) is 0.802. The van der Waals surface area contributed by atoms with Gasteiger partial charge in [-0.05, 0) is 31.5 Å². The number of ether oxygens (including phenoxy) is 1. The highest BCUT2D eigenvalue weighted by Gasteiger charge is 2.25. The van der Waals surface area contributed by atoms with Crippen LogP contribution in [-0.2, 0) is 0 Å². The van der Waals surface area contributed by atoms with Crippen LogP contribution in [0.1, 0.15) is 32.1 Å². The van der Waals surface area contributed by atoms with E-state index in [4.69, 9.17) is 4.74 Å². The Labute approximate surface area is 155 Å². The largest absolute Gasteiger partial charge is 0.489 e. The van der Waals surface area contributed by atoms with Crippen LogP contribution in [0.25, 0.3) is 0 Å². The first-order chi connectivity index (χ1) is 12.8. The lowest BCUT2D eigenvalue weighted by atomic mass is 10.0. The van der Waals surface area contributed by atoms with Gasteiger partial charge in [-0.3, -0.25) is 9.88 Å². The molecule has 0 aromatic carbocycles. The molecule has 2 N–H and O–H groups in total. The summed E-state index contributed by atoms with van der Waals surface area (Å²) in [4.78, 5) is 20.6. The molecule has 3 rings (SSSR count). The normalized spacial score (nSPS) is 22.2. The molecule has 7 heteroatoms. The van der Waals surface area contributed by atoms with Gasteiger partial charge >= 0.3 is 6.03 Å². The number of aliphatic hydroxyl groups is 1. The fourth-order valence-corrected chi connectivity index (χ4v) is 3.77. The zero-order valence-corrected chi connectivity index (χ0v) is 15.3. The van der Waals surface area contributed by atoms with Crippen molar-refractivity contribution < 1.29 is 14.6 Å². The summed E-state index contributed by atoms with van der Waals surface area (Å²) in [5.41, 5.74) is 0. The van der Waals surface area contributed by atoms with Crippen molar-refractivity contribution in [3.05, 3.63) is 24.5 Å². The molecular formula is C19H30N4O3. The van der Waals surface area contributed by atoms with E-state index in [1.165, 1.54) is 12.8 Å². The van der Waals surface area contributed by atoms with E-state index in [1.54, 1.807) is 12.4 Å². The number of rotatable bonds is 6. The summed E-state index contributed by atoms with van der Waals surface area (Å²) in [6.45, 7) is 4.06. The number of aromatic nitrogens is 1. The van der Waals surface area contributed by atoms with Gasteiger partial charge in [-0.2, -0.15) is 0 Å². The molecule has 0 bridgehead atoms. The van der Waals surface area contributed by atoms with Crippen LogP contribution in [0, 0.1) is 0 Å². The molecule has 2 fully saturated rings. The Hall–Kier alpha value is -1.86. The Bertz CT molecular complexity index is 549. The van der Waals surface area contributed by atoms with Crippen molar-refractivity contribution in [3.8, 4) is 5.75 Å². The predicted octanol–water partition coefficient (Wildman–Crippen LogP) is 1.48. The highest BCUT2D eigenvalue weighted by atomic mass is 16.5. The van der Waals surface area contributed by atoms with Gasteiger partial charge in [-0.15, -0.1) is 0 Å². The summed E-state index contributed by atoms with van der Waals surface area (Å²) in [5.74, 6) is 0.787. The van der Waals surface area contributed by atoms with Crippen LogP contribution in [0.3, 0.4) is 0 Å². The molecule has 1 atom stereocenters. The number of hydrogen-bond acceptors (Lipinski definition) is 5. The van der Waals surface area contributed by atoms with Crippen LogP contribution in [0.4, 0.5) is 4.79 Å². The molecule has 3 heterocycles. The van der Waals surface area contributed by atoms with Gasteiger partial charge in [-0.1, -0.05) is 6.42 Å². The number of pyridine rings is 1. The van der Waals surface area contributed by atoms with Crippen LogP contribution in [-0.4, -0.2) is 77.4 Å². The first-order valence-electron chi connectivity index (χ1n) is 9.70. The number of likely N-dealkylation sites (tertiary alicyclic amines) is 2. The number of piperidine rings is 2. The number of amides is 2. The average Bonchev–Trinajstić information content (AvgIpc) is 2.69. The molecule has 0 saturated carbocycles. The van der Waals surface area contributed by atoms with Crippen LogP contribution in [0.2, 0.25) is 0 Å². The van der Waals surface area contributed by atoms with E-state index < -0.39 is 0 Å². The van der Waals surface area contributed by atoms with E-state index >= 15 is 0 Å². The molecule has 2 saturated heterocycles. The van der Waals surface area contributed by atoms with E-state index in [9.17, 15) is 9.90 Å². The molecule has 0 radical (unpaired) electrons. The van der Waals surface area contributed by atoms with Crippen molar-refractivity contribution in [2.75, 3.05) is 39.3 Å². The van der Waals surface area contributed by atoms with Crippen molar-refractivity contribution in [1.29, 1.82) is 0 Å². The number of aliphatic hydroxyl groups excluding tert-OH is 1. The molecule has 1 aromatic rings.